The van der Waals surface area contributed by atoms with Gasteiger partial charge < -0.3 is 5.43 Å². The molecule has 1 amide bonds. The first kappa shape index (κ1) is 22.0. The van der Waals surface area contributed by atoms with E-state index in [1.54, 1.807) is 12.1 Å². The Hall–Kier alpha value is -2.65. The Morgan fingerprint density at radius 3 is 2.23 bits per heavy atom. The van der Waals surface area contributed by atoms with E-state index < -0.39 is 15.9 Å². The Morgan fingerprint density at radius 2 is 1.63 bits per heavy atom. The van der Waals surface area contributed by atoms with Crippen molar-refractivity contribution in [3.8, 4) is 0 Å². The summed E-state index contributed by atoms with van der Waals surface area (Å²) in [5.74, 6) is -0.376. The van der Waals surface area contributed by atoms with Gasteiger partial charge in [-0.2, -0.15) is 0 Å². The lowest BCUT2D eigenvalue weighted by atomic mass is 9.79. The summed E-state index contributed by atoms with van der Waals surface area (Å²) in [6.45, 7) is 3.99. The van der Waals surface area contributed by atoms with E-state index in [0.29, 0.717) is 29.8 Å². The molecule has 0 aliphatic heterocycles. The molecular weight excluding hydrogens is 470 g/mol. The summed E-state index contributed by atoms with van der Waals surface area (Å²) in [6.07, 6.45) is 2.63. The molecule has 3 rings (SSSR count). The third kappa shape index (κ3) is 5.70. The Bertz CT molecular complexity index is 1090. The molecule has 0 heterocycles. The highest BCUT2D eigenvalue weighted by Crippen LogP contribution is 2.32. The number of carbonyl (C=O) groups excluding carboxylic acids is 2. The number of hydrogen-bond acceptors (Lipinski definition) is 5. The number of halogens is 1. The van der Waals surface area contributed by atoms with Gasteiger partial charge >= 0.3 is 0 Å². The molecule has 0 saturated carbocycles. The number of benzene rings is 2. The van der Waals surface area contributed by atoms with Crippen LogP contribution in [0.2, 0.25) is 0 Å². The monoisotopic (exact) mass is 491 g/mol. The molecule has 3 N–H and O–H groups in total. The molecule has 0 fully saturated rings. The van der Waals surface area contributed by atoms with Crippen LogP contribution in [0.25, 0.3) is 0 Å². The average Bonchev–Trinajstić information content (AvgIpc) is 2.65. The summed E-state index contributed by atoms with van der Waals surface area (Å²) in [5, 5.41) is 0. The first-order valence-corrected chi connectivity index (χ1v) is 11.5. The van der Waals surface area contributed by atoms with Gasteiger partial charge in [0.25, 0.3) is 15.9 Å². The lowest BCUT2D eigenvalue weighted by Gasteiger charge is -2.29. The Morgan fingerprint density at radius 1 is 1.00 bits per heavy atom. The molecule has 1 aliphatic rings. The van der Waals surface area contributed by atoms with Crippen LogP contribution in [0.3, 0.4) is 0 Å². The van der Waals surface area contributed by atoms with Gasteiger partial charge in [0, 0.05) is 33.9 Å². The highest BCUT2D eigenvalue weighted by Gasteiger charge is 2.27. The lowest BCUT2D eigenvalue weighted by Crippen LogP contribution is -2.39. The highest BCUT2D eigenvalue weighted by molar-refractivity contribution is 9.10. The molecule has 1 aliphatic carbocycles. The molecule has 0 saturated heterocycles. The number of anilines is 1. The second-order valence-corrected chi connectivity index (χ2v) is 10.5. The smallest absolute Gasteiger partial charge is 0.269 e. The van der Waals surface area contributed by atoms with Gasteiger partial charge in [-0.15, -0.1) is 0 Å². The van der Waals surface area contributed by atoms with Crippen LogP contribution in [0.15, 0.2) is 69.7 Å². The van der Waals surface area contributed by atoms with Crippen molar-refractivity contribution in [1.29, 1.82) is 0 Å². The van der Waals surface area contributed by atoms with Crippen molar-refractivity contribution in [3.63, 3.8) is 0 Å². The third-order valence-electron chi connectivity index (χ3n) is 4.52. The number of carbonyl (C=O) groups is 2. The summed E-state index contributed by atoms with van der Waals surface area (Å²) in [5.41, 5.74) is 6.56. The van der Waals surface area contributed by atoms with Gasteiger partial charge in [-0.3, -0.25) is 19.7 Å². The number of hydrogen-bond donors (Lipinski definition) is 3. The molecule has 9 heteroatoms. The lowest BCUT2D eigenvalue weighted by molar-refractivity contribution is -0.117. The van der Waals surface area contributed by atoms with Gasteiger partial charge in [-0.05, 0) is 60.4 Å². The maximum atomic E-state index is 12.4. The number of hydrazine groups is 1. The number of sulfonamides is 1. The van der Waals surface area contributed by atoms with Gasteiger partial charge in [0.1, 0.15) is 0 Å². The van der Waals surface area contributed by atoms with Crippen molar-refractivity contribution in [2.24, 2.45) is 5.41 Å². The minimum Gasteiger partial charge on any atom is -0.302 e. The standard InChI is InChI=1S/C21H22BrN3O4S/c1-21(2)12-17(11-18(26)13-21)23-24-20(27)14-3-7-16(8-4-14)25-30(28,29)19-9-5-15(22)6-10-19/h3-11,23,25H,12-13H2,1-2H3,(H,24,27). The Balaban J connectivity index is 1.62. The van der Waals surface area contributed by atoms with Gasteiger partial charge in [0.05, 0.1) is 4.90 Å². The van der Waals surface area contributed by atoms with Crippen LogP contribution in [-0.4, -0.2) is 20.1 Å². The number of amides is 1. The normalized spacial score (nSPS) is 15.8. The zero-order valence-electron chi connectivity index (χ0n) is 16.5. The van der Waals surface area contributed by atoms with Gasteiger partial charge in [-0.25, -0.2) is 8.42 Å². The van der Waals surface area contributed by atoms with Crippen LogP contribution in [0.4, 0.5) is 5.69 Å². The maximum Gasteiger partial charge on any atom is 0.269 e. The quantitative estimate of drug-likeness (QED) is 0.533. The predicted octanol–water partition coefficient (Wildman–Crippen LogP) is 3.76. The zero-order chi connectivity index (χ0) is 21.9. The maximum absolute atomic E-state index is 12.4. The van der Waals surface area contributed by atoms with Gasteiger partial charge in [-0.1, -0.05) is 29.8 Å². The molecule has 7 nitrogen and oxygen atoms in total. The van der Waals surface area contributed by atoms with Crippen molar-refractivity contribution in [2.45, 2.75) is 31.6 Å². The summed E-state index contributed by atoms with van der Waals surface area (Å²) >= 11 is 3.27. The number of allylic oxidation sites excluding steroid dienone is 2. The van der Waals surface area contributed by atoms with E-state index >= 15 is 0 Å². The van der Waals surface area contributed by atoms with Crippen LogP contribution in [0, 0.1) is 5.41 Å². The van der Waals surface area contributed by atoms with Crippen molar-refractivity contribution in [2.75, 3.05) is 4.72 Å². The molecule has 0 radical (unpaired) electrons. The molecule has 0 spiro atoms. The molecule has 0 bridgehead atoms. The highest BCUT2D eigenvalue weighted by atomic mass is 79.9. The molecule has 0 unspecified atom stereocenters. The van der Waals surface area contributed by atoms with Gasteiger partial charge in [0.2, 0.25) is 0 Å². The van der Waals surface area contributed by atoms with Crippen LogP contribution < -0.4 is 15.6 Å². The van der Waals surface area contributed by atoms with E-state index in [2.05, 4.69) is 31.5 Å². The first-order valence-electron chi connectivity index (χ1n) is 9.22. The molecule has 0 aromatic heterocycles. The zero-order valence-corrected chi connectivity index (χ0v) is 18.9. The third-order valence-corrected chi connectivity index (χ3v) is 6.44. The molecular formula is C21H22BrN3O4S. The second-order valence-electron chi connectivity index (χ2n) is 7.87. The van der Waals surface area contributed by atoms with E-state index in [9.17, 15) is 18.0 Å². The van der Waals surface area contributed by atoms with Gasteiger partial charge in [0.15, 0.2) is 5.78 Å². The van der Waals surface area contributed by atoms with Crippen LogP contribution >= 0.6 is 15.9 Å². The number of nitrogens with one attached hydrogen (secondary N) is 3. The van der Waals surface area contributed by atoms with Crippen LogP contribution in [0.5, 0.6) is 0 Å². The minimum absolute atomic E-state index is 0.0189. The fourth-order valence-corrected chi connectivity index (χ4v) is 4.48. The molecule has 2 aromatic carbocycles. The summed E-state index contributed by atoms with van der Waals surface area (Å²) in [7, 11) is -3.73. The Kier molecular flexibility index (Phi) is 6.33. The van der Waals surface area contributed by atoms with Crippen molar-refractivity contribution in [3.05, 3.63) is 70.3 Å². The fraction of sp³-hybridized carbons (Fsp3) is 0.238. The number of ketones is 1. The second kappa shape index (κ2) is 8.61. The molecule has 2 aromatic rings. The van der Waals surface area contributed by atoms with E-state index in [0.717, 1.165) is 4.47 Å². The SMILES string of the molecule is CC1(C)CC(=O)C=C(NNC(=O)c2ccc(NS(=O)(=O)c3ccc(Br)cc3)cc2)C1. The van der Waals surface area contributed by atoms with Crippen LogP contribution in [0.1, 0.15) is 37.0 Å². The predicted molar refractivity (Wildman–Crippen MR) is 118 cm³/mol. The average molecular weight is 492 g/mol. The largest absolute Gasteiger partial charge is 0.302 e. The van der Waals surface area contributed by atoms with Crippen molar-refractivity contribution < 1.29 is 18.0 Å². The van der Waals surface area contributed by atoms with E-state index in [4.69, 9.17) is 0 Å². The van der Waals surface area contributed by atoms with Crippen molar-refractivity contribution >= 4 is 43.3 Å². The minimum atomic E-state index is -3.73. The molecule has 0 atom stereocenters. The van der Waals surface area contributed by atoms with Crippen molar-refractivity contribution in [1.82, 2.24) is 10.9 Å². The summed E-state index contributed by atoms with van der Waals surface area (Å²) in [6, 6.07) is 12.3. The van der Waals surface area contributed by atoms with E-state index in [-0.39, 0.29) is 16.1 Å². The van der Waals surface area contributed by atoms with Crippen LogP contribution in [-0.2, 0) is 14.8 Å². The topological polar surface area (TPSA) is 104 Å². The summed E-state index contributed by atoms with van der Waals surface area (Å²) in [4.78, 5) is 24.3. The molecule has 30 heavy (non-hydrogen) atoms. The first-order chi connectivity index (χ1) is 14.0. The fourth-order valence-electron chi connectivity index (χ4n) is 3.15. The van der Waals surface area contributed by atoms with E-state index in [1.807, 2.05) is 13.8 Å². The molecule has 158 valence electrons. The number of rotatable bonds is 6. The summed E-state index contributed by atoms with van der Waals surface area (Å²) < 4.78 is 28.1. The van der Waals surface area contributed by atoms with E-state index in [1.165, 1.54) is 42.5 Å². The Labute approximate surface area is 184 Å².